The zero-order chi connectivity index (χ0) is 10.8. The van der Waals surface area contributed by atoms with Crippen LogP contribution in [0.2, 0.25) is 0 Å². The number of furan rings is 1. The highest BCUT2D eigenvalue weighted by Crippen LogP contribution is 2.33. The Bertz CT molecular complexity index is 509. The van der Waals surface area contributed by atoms with Crippen LogP contribution in [0, 0.1) is 0 Å². The SMILES string of the molecule is C(=C1\CCOc2ccccc21)/c1ccoc1. The number of hydrogen-bond donors (Lipinski definition) is 0. The molecule has 1 aromatic heterocycles. The summed E-state index contributed by atoms with van der Waals surface area (Å²) in [5.74, 6) is 0.975. The Morgan fingerprint density at radius 1 is 1.12 bits per heavy atom. The molecule has 0 unspecified atom stereocenters. The molecule has 2 nitrogen and oxygen atoms in total. The van der Waals surface area contributed by atoms with Gasteiger partial charge in [0.05, 0.1) is 19.1 Å². The van der Waals surface area contributed by atoms with Crippen LogP contribution in [0.25, 0.3) is 11.6 Å². The van der Waals surface area contributed by atoms with Crippen molar-refractivity contribution in [2.75, 3.05) is 6.61 Å². The number of ether oxygens (including phenoxy) is 1. The van der Waals surface area contributed by atoms with Crippen molar-refractivity contribution in [2.45, 2.75) is 6.42 Å². The summed E-state index contributed by atoms with van der Waals surface area (Å²) in [5, 5.41) is 0. The monoisotopic (exact) mass is 212 g/mol. The number of benzene rings is 1. The zero-order valence-corrected chi connectivity index (χ0v) is 8.85. The van der Waals surface area contributed by atoms with Crippen molar-refractivity contribution in [1.82, 2.24) is 0 Å². The molecule has 0 amide bonds. The quantitative estimate of drug-likeness (QED) is 0.720. The van der Waals surface area contributed by atoms with Gasteiger partial charge in [-0.2, -0.15) is 0 Å². The summed E-state index contributed by atoms with van der Waals surface area (Å²) < 4.78 is 10.7. The van der Waals surface area contributed by atoms with Gasteiger partial charge in [-0.25, -0.2) is 0 Å². The lowest BCUT2D eigenvalue weighted by atomic mass is 9.98. The van der Waals surface area contributed by atoms with Crippen LogP contribution in [0.4, 0.5) is 0 Å². The predicted octanol–water partition coefficient (Wildman–Crippen LogP) is 3.60. The molecule has 0 atom stereocenters. The third-order valence-electron chi connectivity index (χ3n) is 2.75. The summed E-state index contributed by atoms with van der Waals surface area (Å²) in [6, 6.07) is 10.1. The van der Waals surface area contributed by atoms with E-state index in [-0.39, 0.29) is 0 Å². The third-order valence-corrected chi connectivity index (χ3v) is 2.75. The summed E-state index contributed by atoms with van der Waals surface area (Å²) in [7, 11) is 0. The lowest BCUT2D eigenvalue weighted by Gasteiger charge is -2.19. The van der Waals surface area contributed by atoms with Crippen molar-refractivity contribution < 1.29 is 9.15 Å². The maximum absolute atomic E-state index is 5.61. The molecular weight excluding hydrogens is 200 g/mol. The molecule has 0 fully saturated rings. The van der Waals surface area contributed by atoms with E-state index in [1.54, 1.807) is 12.5 Å². The average molecular weight is 212 g/mol. The predicted molar refractivity (Wildman–Crippen MR) is 63.1 cm³/mol. The van der Waals surface area contributed by atoms with E-state index in [1.807, 2.05) is 24.3 Å². The molecule has 2 aromatic rings. The van der Waals surface area contributed by atoms with E-state index in [2.05, 4.69) is 12.1 Å². The van der Waals surface area contributed by atoms with Crippen LogP contribution in [0.5, 0.6) is 5.75 Å². The Labute approximate surface area is 94.2 Å². The minimum atomic E-state index is 0.751. The van der Waals surface area contributed by atoms with E-state index in [0.29, 0.717) is 0 Å². The van der Waals surface area contributed by atoms with Crippen molar-refractivity contribution >= 4 is 11.6 Å². The number of para-hydroxylation sites is 1. The second kappa shape index (κ2) is 3.89. The standard InChI is InChI=1S/C14H12O2/c1-2-4-14-13(3-1)12(6-8-16-14)9-11-5-7-15-10-11/h1-5,7,9-10H,6,8H2/b12-9-. The number of fused-ring (bicyclic) bond motifs is 1. The molecule has 80 valence electrons. The molecule has 0 saturated heterocycles. The lowest BCUT2D eigenvalue weighted by Crippen LogP contribution is -2.07. The first-order chi connectivity index (χ1) is 7.93. The van der Waals surface area contributed by atoms with Gasteiger partial charge in [0.15, 0.2) is 0 Å². The fourth-order valence-electron chi connectivity index (χ4n) is 1.97. The minimum Gasteiger partial charge on any atom is -0.493 e. The molecule has 0 bridgehead atoms. The summed E-state index contributed by atoms with van der Waals surface area (Å²) in [6.45, 7) is 0.751. The van der Waals surface area contributed by atoms with E-state index in [1.165, 1.54) is 11.1 Å². The van der Waals surface area contributed by atoms with Gasteiger partial charge in [-0.05, 0) is 23.8 Å². The van der Waals surface area contributed by atoms with Crippen molar-refractivity contribution in [1.29, 1.82) is 0 Å². The lowest BCUT2D eigenvalue weighted by molar-refractivity contribution is 0.317. The molecule has 0 aliphatic carbocycles. The molecule has 3 rings (SSSR count). The van der Waals surface area contributed by atoms with Gasteiger partial charge in [-0.3, -0.25) is 0 Å². The van der Waals surface area contributed by atoms with Gasteiger partial charge >= 0.3 is 0 Å². The molecule has 0 spiro atoms. The van der Waals surface area contributed by atoms with Crippen molar-refractivity contribution in [2.24, 2.45) is 0 Å². The molecule has 1 aliphatic heterocycles. The second-order valence-electron chi connectivity index (χ2n) is 3.82. The van der Waals surface area contributed by atoms with E-state index < -0.39 is 0 Å². The molecular formula is C14H12O2. The van der Waals surface area contributed by atoms with Crippen molar-refractivity contribution in [3.63, 3.8) is 0 Å². The Balaban J connectivity index is 2.05. The van der Waals surface area contributed by atoms with Crippen molar-refractivity contribution in [3.05, 3.63) is 54.0 Å². The molecule has 1 aromatic carbocycles. The maximum atomic E-state index is 5.61. The fraction of sp³-hybridized carbons (Fsp3) is 0.143. The van der Waals surface area contributed by atoms with Crippen LogP contribution in [-0.4, -0.2) is 6.61 Å². The second-order valence-corrected chi connectivity index (χ2v) is 3.82. The van der Waals surface area contributed by atoms with Crippen LogP contribution in [-0.2, 0) is 0 Å². The van der Waals surface area contributed by atoms with Crippen LogP contribution < -0.4 is 4.74 Å². The van der Waals surface area contributed by atoms with Crippen LogP contribution in [0.15, 0.2) is 47.3 Å². The number of hydrogen-bond acceptors (Lipinski definition) is 2. The molecule has 0 N–H and O–H groups in total. The average Bonchev–Trinajstić information content (AvgIpc) is 2.82. The highest BCUT2D eigenvalue weighted by Gasteiger charge is 2.14. The normalized spacial score (nSPS) is 16.9. The van der Waals surface area contributed by atoms with Gasteiger partial charge in [0.1, 0.15) is 5.75 Å². The Morgan fingerprint density at radius 2 is 2.06 bits per heavy atom. The third kappa shape index (κ3) is 1.63. The van der Waals surface area contributed by atoms with Gasteiger partial charge in [0.2, 0.25) is 0 Å². The Hall–Kier alpha value is -1.96. The van der Waals surface area contributed by atoms with Crippen LogP contribution >= 0.6 is 0 Å². The topological polar surface area (TPSA) is 22.4 Å². The molecule has 0 radical (unpaired) electrons. The number of rotatable bonds is 1. The van der Waals surface area contributed by atoms with Gasteiger partial charge < -0.3 is 9.15 Å². The summed E-state index contributed by atoms with van der Waals surface area (Å²) in [4.78, 5) is 0. The molecule has 16 heavy (non-hydrogen) atoms. The maximum Gasteiger partial charge on any atom is 0.126 e. The largest absolute Gasteiger partial charge is 0.493 e. The van der Waals surface area contributed by atoms with E-state index in [0.717, 1.165) is 24.3 Å². The van der Waals surface area contributed by atoms with E-state index in [9.17, 15) is 0 Å². The van der Waals surface area contributed by atoms with Gasteiger partial charge in [-0.1, -0.05) is 18.2 Å². The van der Waals surface area contributed by atoms with Gasteiger partial charge in [0.25, 0.3) is 0 Å². The zero-order valence-electron chi connectivity index (χ0n) is 8.85. The molecule has 2 heteroatoms. The first-order valence-corrected chi connectivity index (χ1v) is 5.38. The first kappa shape index (κ1) is 9.28. The Morgan fingerprint density at radius 3 is 2.94 bits per heavy atom. The highest BCUT2D eigenvalue weighted by molar-refractivity contribution is 5.84. The summed E-state index contributed by atoms with van der Waals surface area (Å²) in [6.07, 6.45) is 6.55. The molecule has 1 aliphatic rings. The van der Waals surface area contributed by atoms with Gasteiger partial charge in [-0.15, -0.1) is 0 Å². The highest BCUT2D eigenvalue weighted by atomic mass is 16.5. The van der Waals surface area contributed by atoms with E-state index in [4.69, 9.17) is 9.15 Å². The van der Waals surface area contributed by atoms with E-state index >= 15 is 0 Å². The van der Waals surface area contributed by atoms with Gasteiger partial charge in [0, 0.05) is 17.5 Å². The molecule has 2 heterocycles. The van der Waals surface area contributed by atoms with Crippen LogP contribution in [0.1, 0.15) is 17.5 Å². The van der Waals surface area contributed by atoms with Crippen molar-refractivity contribution in [3.8, 4) is 5.75 Å². The summed E-state index contributed by atoms with van der Waals surface area (Å²) in [5.41, 5.74) is 3.60. The molecule has 0 saturated carbocycles. The smallest absolute Gasteiger partial charge is 0.126 e. The van der Waals surface area contributed by atoms with Crippen LogP contribution in [0.3, 0.4) is 0 Å². The minimum absolute atomic E-state index is 0.751. The Kier molecular flexibility index (Phi) is 2.26. The fourth-order valence-corrected chi connectivity index (χ4v) is 1.97. The summed E-state index contributed by atoms with van der Waals surface area (Å²) >= 11 is 0. The first-order valence-electron chi connectivity index (χ1n) is 5.38.